The van der Waals surface area contributed by atoms with Crippen LogP contribution >= 0.6 is 0 Å². The predicted molar refractivity (Wildman–Crippen MR) is 106 cm³/mol. The Hall–Kier alpha value is -3.28. The molecule has 0 unspecified atom stereocenters. The summed E-state index contributed by atoms with van der Waals surface area (Å²) in [5.74, 6) is -7.92. The number of methoxy groups -OCH3 is 1. The van der Waals surface area contributed by atoms with Crippen LogP contribution in [0.1, 0.15) is 35.7 Å². The van der Waals surface area contributed by atoms with E-state index in [0.717, 1.165) is 38.6 Å². The average molecular weight is 473 g/mol. The van der Waals surface area contributed by atoms with Crippen molar-refractivity contribution in [3.63, 3.8) is 0 Å². The Morgan fingerprint density at radius 2 is 1.91 bits per heavy atom. The standard InChI is InChI=1S/C21H20F5N3O4/c1-9-14(12-4-5-13(22)15(23)16(12)32-3)17(33-20(9,2)21(24,25)26)19(31)29-11-6-10(18(27)30)7-28-8-11/h4-9,14,17H,1-3H3,(H2,27,30)(H,29,31)/t9-,14-,17-,20-/m1/s1. The predicted octanol–water partition coefficient (Wildman–Crippen LogP) is 3.55. The summed E-state index contributed by atoms with van der Waals surface area (Å²) in [6.07, 6.45) is -4.37. The van der Waals surface area contributed by atoms with Gasteiger partial charge in [-0.25, -0.2) is 4.39 Å². The lowest BCUT2D eigenvalue weighted by molar-refractivity contribution is -0.272. The van der Waals surface area contributed by atoms with Crippen molar-refractivity contribution in [1.82, 2.24) is 4.98 Å². The van der Waals surface area contributed by atoms with Crippen LogP contribution in [0, 0.1) is 17.6 Å². The van der Waals surface area contributed by atoms with Crippen LogP contribution in [0.4, 0.5) is 27.6 Å². The number of pyridine rings is 1. The van der Waals surface area contributed by atoms with Gasteiger partial charge < -0.3 is 20.5 Å². The lowest BCUT2D eigenvalue weighted by Gasteiger charge is -2.32. The summed E-state index contributed by atoms with van der Waals surface area (Å²) in [5, 5.41) is 2.34. The number of primary amides is 1. The van der Waals surface area contributed by atoms with Gasteiger partial charge in [0.2, 0.25) is 11.7 Å². The molecule has 1 aliphatic heterocycles. The van der Waals surface area contributed by atoms with Gasteiger partial charge in [0.1, 0.15) is 6.10 Å². The third-order valence-electron chi connectivity index (χ3n) is 5.86. The monoisotopic (exact) mass is 473 g/mol. The quantitative estimate of drug-likeness (QED) is 0.647. The normalized spacial score (nSPS) is 25.0. The van der Waals surface area contributed by atoms with Gasteiger partial charge in [0, 0.05) is 23.6 Å². The Labute approximate surface area is 185 Å². The molecule has 2 heterocycles. The fourth-order valence-electron chi connectivity index (χ4n) is 3.90. The molecule has 0 aliphatic carbocycles. The SMILES string of the molecule is COc1c([C@H]2[C@@H](C)[C@](C)(C(F)(F)F)O[C@H]2C(=O)Nc2cncc(C(N)=O)c2)ccc(F)c1F. The number of hydrogen-bond donors (Lipinski definition) is 2. The Bertz CT molecular complexity index is 1090. The molecule has 0 saturated carbocycles. The maximum atomic E-state index is 14.3. The lowest BCUT2D eigenvalue weighted by Crippen LogP contribution is -2.47. The molecule has 33 heavy (non-hydrogen) atoms. The molecule has 0 bridgehead atoms. The smallest absolute Gasteiger partial charge is 0.417 e. The number of benzene rings is 1. The molecule has 1 aromatic carbocycles. The molecule has 178 valence electrons. The minimum atomic E-state index is -4.89. The van der Waals surface area contributed by atoms with Crippen LogP contribution < -0.4 is 15.8 Å². The third-order valence-corrected chi connectivity index (χ3v) is 5.86. The second-order valence-electron chi connectivity index (χ2n) is 7.76. The highest BCUT2D eigenvalue weighted by atomic mass is 19.4. The first-order chi connectivity index (χ1) is 15.3. The van der Waals surface area contributed by atoms with Gasteiger partial charge in [-0.3, -0.25) is 14.6 Å². The zero-order valence-electron chi connectivity index (χ0n) is 17.7. The summed E-state index contributed by atoms with van der Waals surface area (Å²) in [6.45, 7) is 1.97. The minimum absolute atomic E-state index is 0.0239. The highest BCUT2D eigenvalue weighted by Crippen LogP contribution is 2.54. The first-order valence-corrected chi connectivity index (χ1v) is 9.64. The lowest BCUT2D eigenvalue weighted by atomic mass is 9.77. The molecule has 3 rings (SSSR count). The van der Waals surface area contributed by atoms with Crippen molar-refractivity contribution in [1.29, 1.82) is 0 Å². The molecule has 1 aliphatic rings. The first-order valence-electron chi connectivity index (χ1n) is 9.64. The summed E-state index contributed by atoms with van der Waals surface area (Å²) in [7, 11) is 1.03. The van der Waals surface area contributed by atoms with E-state index < -0.39 is 58.9 Å². The zero-order valence-corrected chi connectivity index (χ0v) is 17.7. The van der Waals surface area contributed by atoms with E-state index in [4.69, 9.17) is 15.2 Å². The molecular formula is C21H20F5N3O4. The number of nitrogens with zero attached hydrogens (tertiary/aromatic N) is 1. The summed E-state index contributed by atoms with van der Waals surface area (Å²) >= 11 is 0. The van der Waals surface area contributed by atoms with Crippen molar-refractivity contribution in [3.8, 4) is 5.75 Å². The molecular weight excluding hydrogens is 453 g/mol. The van der Waals surface area contributed by atoms with Crippen LogP contribution in [0.3, 0.4) is 0 Å². The van der Waals surface area contributed by atoms with Crippen molar-refractivity contribution in [2.24, 2.45) is 11.7 Å². The number of nitrogens with two attached hydrogens (primary N) is 1. The Morgan fingerprint density at radius 1 is 1.24 bits per heavy atom. The number of nitrogens with one attached hydrogen (secondary N) is 1. The topological polar surface area (TPSA) is 104 Å². The highest BCUT2D eigenvalue weighted by Gasteiger charge is 2.65. The van der Waals surface area contributed by atoms with E-state index in [9.17, 15) is 31.5 Å². The summed E-state index contributed by atoms with van der Waals surface area (Å²) in [6, 6.07) is 2.97. The molecule has 4 atom stereocenters. The molecule has 1 saturated heterocycles. The maximum absolute atomic E-state index is 14.3. The second-order valence-corrected chi connectivity index (χ2v) is 7.76. The number of rotatable bonds is 5. The molecule has 2 aromatic rings. The molecule has 0 radical (unpaired) electrons. The second kappa shape index (κ2) is 8.58. The largest absolute Gasteiger partial charge is 0.493 e. The Morgan fingerprint density at radius 3 is 2.48 bits per heavy atom. The molecule has 2 amide bonds. The molecule has 12 heteroatoms. The number of carbonyl (C=O) groups is 2. The number of aromatic nitrogens is 1. The van der Waals surface area contributed by atoms with E-state index >= 15 is 0 Å². The highest BCUT2D eigenvalue weighted by molar-refractivity contribution is 5.97. The number of ether oxygens (including phenoxy) is 2. The van der Waals surface area contributed by atoms with Crippen molar-refractivity contribution in [2.75, 3.05) is 12.4 Å². The van der Waals surface area contributed by atoms with Crippen molar-refractivity contribution >= 4 is 17.5 Å². The van der Waals surface area contributed by atoms with Gasteiger partial charge in [0.25, 0.3) is 5.91 Å². The number of anilines is 1. The van der Waals surface area contributed by atoms with E-state index in [1.54, 1.807) is 0 Å². The molecule has 3 N–H and O–H groups in total. The van der Waals surface area contributed by atoms with Crippen LogP contribution in [0.2, 0.25) is 0 Å². The Balaban J connectivity index is 2.07. The minimum Gasteiger partial charge on any atom is -0.493 e. The van der Waals surface area contributed by atoms with Crippen LogP contribution in [0.15, 0.2) is 30.6 Å². The maximum Gasteiger partial charge on any atom is 0.417 e. The third kappa shape index (κ3) is 4.22. The summed E-state index contributed by atoms with van der Waals surface area (Å²) < 4.78 is 80.0. The number of amides is 2. The van der Waals surface area contributed by atoms with Crippen LogP contribution in [-0.4, -0.2) is 41.8 Å². The fraction of sp³-hybridized carbons (Fsp3) is 0.381. The zero-order chi connectivity index (χ0) is 24.7. The van der Waals surface area contributed by atoms with Gasteiger partial charge in [-0.15, -0.1) is 0 Å². The summed E-state index contributed by atoms with van der Waals surface area (Å²) in [5.41, 5.74) is 2.15. The first kappa shape index (κ1) is 24.4. The molecule has 0 spiro atoms. The number of carbonyl (C=O) groups excluding carboxylic acids is 2. The number of hydrogen-bond acceptors (Lipinski definition) is 5. The van der Waals surface area contributed by atoms with Gasteiger partial charge in [-0.2, -0.15) is 17.6 Å². The van der Waals surface area contributed by atoms with Gasteiger partial charge in [0.05, 0.1) is 24.6 Å². The number of alkyl halides is 3. The fourth-order valence-corrected chi connectivity index (χ4v) is 3.90. The molecule has 1 fully saturated rings. The van der Waals surface area contributed by atoms with E-state index in [1.807, 2.05) is 0 Å². The van der Waals surface area contributed by atoms with Crippen molar-refractivity contribution in [3.05, 3.63) is 53.4 Å². The van der Waals surface area contributed by atoms with Crippen LogP contribution in [0.5, 0.6) is 5.75 Å². The van der Waals surface area contributed by atoms with Gasteiger partial charge in [-0.1, -0.05) is 13.0 Å². The summed E-state index contributed by atoms with van der Waals surface area (Å²) in [4.78, 5) is 28.1. The van der Waals surface area contributed by atoms with Crippen LogP contribution in [0.25, 0.3) is 0 Å². The van der Waals surface area contributed by atoms with E-state index in [1.165, 1.54) is 13.0 Å². The molecule has 7 nitrogen and oxygen atoms in total. The van der Waals surface area contributed by atoms with Gasteiger partial charge >= 0.3 is 6.18 Å². The average Bonchev–Trinajstić information content (AvgIpc) is 3.02. The van der Waals surface area contributed by atoms with Crippen LogP contribution in [-0.2, 0) is 9.53 Å². The van der Waals surface area contributed by atoms with Crippen molar-refractivity contribution in [2.45, 2.75) is 37.6 Å². The van der Waals surface area contributed by atoms with Gasteiger partial charge in [-0.05, 0) is 19.1 Å². The van der Waals surface area contributed by atoms with E-state index in [-0.39, 0.29) is 16.8 Å². The van der Waals surface area contributed by atoms with Gasteiger partial charge in [0.15, 0.2) is 17.2 Å². The Kier molecular flexibility index (Phi) is 6.33. The van der Waals surface area contributed by atoms with E-state index in [2.05, 4.69) is 10.3 Å². The van der Waals surface area contributed by atoms with E-state index in [0.29, 0.717) is 0 Å². The van der Waals surface area contributed by atoms with Crippen molar-refractivity contribution < 1.29 is 41.0 Å². The number of halogens is 5. The molecule has 1 aromatic heterocycles.